The highest BCUT2D eigenvalue weighted by atomic mass is 16.5. The van der Waals surface area contributed by atoms with Gasteiger partial charge in [0.1, 0.15) is 0 Å². The van der Waals surface area contributed by atoms with Crippen molar-refractivity contribution in [2.75, 3.05) is 46.5 Å². The van der Waals surface area contributed by atoms with Gasteiger partial charge in [0.05, 0.1) is 19.8 Å². The molecule has 2 atom stereocenters. The molecule has 2 unspecified atom stereocenters. The van der Waals surface area contributed by atoms with E-state index in [1.165, 1.54) is 6.42 Å². The zero-order chi connectivity index (χ0) is 14.1. The summed E-state index contributed by atoms with van der Waals surface area (Å²) in [7, 11) is 1.62. The summed E-state index contributed by atoms with van der Waals surface area (Å²) >= 11 is 0. The monoisotopic (exact) mass is 273 g/mol. The molecule has 0 aromatic rings. The van der Waals surface area contributed by atoms with Gasteiger partial charge in [-0.05, 0) is 26.3 Å². The van der Waals surface area contributed by atoms with E-state index in [4.69, 9.17) is 9.84 Å². The van der Waals surface area contributed by atoms with E-state index in [0.717, 1.165) is 19.5 Å². The van der Waals surface area contributed by atoms with E-state index < -0.39 is 0 Å². The summed E-state index contributed by atoms with van der Waals surface area (Å²) in [5, 5.41) is 15.4. The lowest BCUT2D eigenvalue weighted by Crippen LogP contribution is -2.46. The van der Waals surface area contributed by atoms with E-state index >= 15 is 0 Å². The molecule has 6 heteroatoms. The van der Waals surface area contributed by atoms with Gasteiger partial charge in [-0.2, -0.15) is 0 Å². The van der Waals surface area contributed by atoms with E-state index in [-0.39, 0.29) is 18.6 Å². The number of methoxy groups -OCH3 is 1. The number of aliphatic hydroxyl groups is 1. The maximum Gasteiger partial charge on any atom is 0.234 e. The first-order chi connectivity index (χ1) is 9.15. The van der Waals surface area contributed by atoms with Crippen LogP contribution in [0.2, 0.25) is 0 Å². The molecule has 0 bridgehead atoms. The third-order valence-electron chi connectivity index (χ3n) is 3.25. The fourth-order valence-electron chi connectivity index (χ4n) is 2.42. The molecule has 0 aromatic carbocycles. The number of carbonyl (C=O) groups is 1. The van der Waals surface area contributed by atoms with Gasteiger partial charge < -0.3 is 20.5 Å². The number of ether oxygens (including phenoxy) is 1. The van der Waals surface area contributed by atoms with Crippen LogP contribution in [0.15, 0.2) is 0 Å². The van der Waals surface area contributed by atoms with Crippen LogP contribution >= 0.6 is 0 Å². The third-order valence-corrected chi connectivity index (χ3v) is 3.25. The van der Waals surface area contributed by atoms with E-state index in [1.807, 2.05) is 11.8 Å². The first-order valence-corrected chi connectivity index (χ1v) is 7.00. The summed E-state index contributed by atoms with van der Waals surface area (Å²) in [5.74, 6) is -0.0176. The predicted octanol–water partition coefficient (Wildman–Crippen LogP) is -0.816. The van der Waals surface area contributed by atoms with Crippen LogP contribution < -0.4 is 10.6 Å². The van der Waals surface area contributed by atoms with E-state index in [9.17, 15) is 4.79 Å². The Labute approximate surface area is 115 Å². The second-order valence-corrected chi connectivity index (χ2v) is 5.18. The zero-order valence-corrected chi connectivity index (χ0v) is 12.0. The van der Waals surface area contributed by atoms with Crippen LogP contribution in [0, 0.1) is 0 Å². The predicted molar refractivity (Wildman–Crippen MR) is 74.0 cm³/mol. The number of nitrogens with one attached hydrogen (secondary N) is 2. The van der Waals surface area contributed by atoms with Crippen LogP contribution in [-0.4, -0.2) is 74.5 Å². The number of nitrogens with zero attached hydrogens (tertiary/aromatic N) is 1. The maximum atomic E-state index is 11.9. The Morgan fingerprint density at radius 1 is 1.63 bits per heavy atom. The summed E-state index contributed by atoms with van der Waals surface area (Å²) < 4.78 is 4.99. The van der Waals surface area contributed by atoms with Gasteiger partial charge >= 0.3 is 0 Å². The topological polar surface area (TPSA) is 73.8 Å². The molecule has 0 saturated carbocycles. The zero-order valence-electron chi connectivity index (χ0n) is 12.0. The molecular weight excluding hydrogens is 246 g/mol. The SMILES string of the molecule is COCC(C)NC(=O)CN(CCO)CC1CCCN1. The highest BCUT2D eigenvalue weighted by Crippen LogP contribution is 2.06. The minimum Gasteiger partial charge on any atom is -0.395 e. The minimum atomic E-state index is -0.0176. The standard InChI is InChI=1S/C13H27N3O3/c1-11(10-19-2)15-13(18)9-16(6-7-17)8-12-4-3-5-14-12/h11-12,14,17H,3-10H2,1-2H3,(H,15,18). The second kappa shape index (κ2) is 9.25. The molecule has 3 N–H and O–H groups in total. The molecular formula is C13H27N3O3. The lowest BCUT2D eigenvalue weighted by molar-refractivity contribution is -0.123. The molecule has 1 fully saturated rings. The van der Waals surface area contributed by atoms with Gasteiger partial charge in [0.15, 0.2) is 0 Å². The Bertz CT molecular complexity index is 258. The molecule has 0 spiro atoms. The van der Waals surface area contributed by atoms with Crippen LogP contribution in [0.4, 0.5) is 0 Å². The smallest absolute Gasteiger partial charge is 0.234 e. The summed E-state index contributed by atoms with van der Waals surface area (Å²) in [6.07, 6.45) is 2.33. The van der Waals surface area contributed by atoms with Crippen molar-refractivity contribution < 1.29 is 14.6 Å². The average Bonchev–Trinajstić information content (AvgIpc) is 2.82. The van der Waals surface area contributed by atoms with Gasteiger partial charge in [0, 0.05) is 32.3 Å². The molecule has 1 heterocycles. The average molecular weight is 273 g/mol. The molecule has 1 aliphatic rings. The van der Waals surface area contributed by atoms with Crippen molar-refractivity contribution in [2.45, 2.75) is 31.8 Å². The Hall–Kier alpha value is -0.690. The minimum absolute atomic E-state index is 0.0121. The van der Waals surface area contributed by atoms with Gasteiger partial charge in [0.2, 0.25) is 5.91 Å². The first kappa shape index (κ1) is 16.4. The highest BCUT2D eigenvalue weighted by Gasteiger charge is 2.19. The summed E-state index contributed by atoms with van der Waals surface area (Å²) in [6, 6.07) is 0.453. The molecule has 1 aliphatic heterocycles. The van der Waals surface area contributed by atoms with Gasteiger partial charge in [-0.15, -0.1) is 0 Å². The number of carbonyl (C=O) groups excluding carboxylic acids is 1. The van der Waals surface area contributed by atoms with Crippen molar-refractivity contribution in [2.24, 2.45) is 0 Å². The normalized spacial score (nSPS) is 20.7. The lowest BCUT2D eigenvalue weighted by Gasteiger charge is -2.25. The molecule has 1 saturated heterocycles. The van der Waals surface area contributed by atoms with Crippen LogP contribution in [0.5, 0.6) is 0 Å². The Morgan fingerprint density at radius 2 is 2.42 bits per heavy atom. The molecule has 6 nitrogen and oxygen atoms in total. The van der Waals surface area contributed by atoms with Crippen molar-refractivity contribution in [3.05, 3.63) is 0 Å². The highest BCUT2D eigenvalue weighted by molar-refractivity contribution is 5.78. The van der Waals surface area contributed by atoms with Crippen molar-refractivity contribution >= 4 is 5.91 Å². The van der Waals surface area contributed by atoms with Crippen molar-refractivity contribution in [1.82, 2.24) is 15.5 Å². The fourth-order valence-corrected chi connectivity index (χ4v) is 2.42. The Balaban J connectivity index is 2.32. The summed E-state index contributed by atoms with van der Waals surface area (Å²) in [6.45, 7) is 5.22. The van der Waals surface area contributed by atoms with Crippen LogP contribution in [0.3, 0.4) is 0 Å². The third kappa shape index (κ3) is 6.87. The van der Waals surface area contributed by atoms with Gasteiger partial charge in [-0.25, -0.2) is 0 Å². The van der Waals surface area contributed by atoms with Gasteiger partial charge in [0.25, 0.3) is 0 Å². The maximum absolute atomic E-state index is 11.9. The van der Waals surface area contributed by atoms with Crippen molar-refractivity contribution in [3.63, 3.8) is 0 Å². The van der Waals surface area contributed by atoms with E-state index in [0.29, 0.717) is 25.7 Å². The molecule has 0 radical (unpaired) electrons. The fraction of sp³-hybridized carbons (Fsp3) is 0.923. The number of aliphatic hydroxyl groups excluding tert-OH is 1. The van der Waals surface area contributed by atoms with E-state index in [2.05, 4.69) is 10.6 Å². The first-order valence-electron chi connectivity index (χ1n) is 7.00. The van der Waals surface area contributed by atoms with Gasteiger partial charge in [-0.3, -0.25) is 9.69 Å². The molecule has 0 aliphatic carbocycles. The Kier molecular flexibility index (Phi) is 7.97. The van der Waals surface area contributed by atoms with Crippen molar-refractivity contribution in [1.29, 1.82) is 0 Å². The molecule has 1 rings (SSSR count). The molecule has 112 valence electrons. The quantitative estimate of drug-likeness (QED) is 0.512. The Morgan fingerprint density at radius 3 is 3.00 bits per heavy atom. The summed E-state index contributed by atoms with van der Waals surface area (Å²) in [5.41, 5.74) is 0. The van der Waals surface area contributed by atoms with Crippen molar-refractivity contribution in [3.8, 4) is 0 Å². The number of rotatable bonds is 9. The van der Waals surface area contributed by atoms with E-state index in [1.54, 1.807) is 7.11 Å². The summed E-state index contributed by atoms with van der Waals surface area (Å²) in [4.78, 5) is 13.9. The molecule has 0 aromatic heterocycles. The molecule has 1 amide bonds. The van der Waals surface area contributed by atoms with Crippen LogP contribution in [-0.2, 0) is 9.53 Å². The number of hydrogen-bond donors (Lipinski definition) is 3. The van der Waals surface area contributed by atoms with Gasteiger partial charge in [-0.1, -0.05) is 0 Å². The number of amides is 1. The number of hydrogen-bond acceptors (Lipinski definition) is 5. The van der Waals surface area contributed by atoms with Crippen LogP contribution in [0.25, 0.3) is 0 Å². The largest absolute Gasteiger partial charge is 0.395 e. The lowest BCUT2D eigenvalue weighted by atomic mass is 10.2. The van der Waals surface area contributed by atoms with Crippen LogP contribution in [0.1, 0.15) is 19.8 Å². The molecule has 19 heavy (non-hydrogen) atoms. The second-order valence-electron chi connectivity index (χ2n) is 5.18.